The first-order chi connectivity index (χ1) is 9.85. The number of pyridine rings is 1. The highest BCUT2D eigenvalue weighted by molar-refractivity contribution is 5.67. The van der Waals surface area contributed by atoms with Gasteiger partial charge in [0.25, 0.3) is 0 Å². The van der Waals surface area contributed by atoms with Crippen LogP contribution in [0.1, 0.15) is 32.1 Å². The first-order valence-electron chi connectivity index (χ1n) is 6.82. The van der Waals surface area contributed by atoms with E-state index in [2.05, 4.69) is 10.3 Å². The maximum absolute atomic E-state index is 11.6. The highest BCUT2D eigenvalue weighted by Gasteiger charge is 2.16. The van der Waals surface area contributed by atoms with Crippen LogP contribution >= 0.6 is 0 Å². The minimum atomic E-state index is -0.509. The highest BCUT2D eigenvalue weighted by Crippen LogP contribution is 2.24. The Morgan fingerprint density at radius 1 is 1.33 bits per heavy atom. The van der Waals surface area contributed by atoms with Crippen LogP contribution in [-0.4, -0.2) is 16.7 Å². The zero-order valence-corrected chi connectivity index (χ0v) is 12.8. The van der Waals surface area contributed by atoms with Crippen LogP contribution < -0.4 is 5.32 Å². The third kappa shape index (κ3) is 4.34. The SMILES string of the molecule is Cc1ccncc1-c1ccc(CNC(=O)OC(C)(C)C)o1. The molecule has 0 radical (unpaired) electrons. The molecule has 1 amide bonds. The summed E-state index contributed by atoms with van der Waals surface area (Å²) < 4.78 is 10.9. The van der Waals surface area contributed by atoms with Gasteiger partial charge in [-0.3, -0.25) is 4.98 Å². The van der Waals surface area contributed by atoms with Gasteiger partial charge in [-0.1, -0.05) is 0 Å². The minimum absolute atomic E-state index is 0.286. The summed E-state index contributed by atoms with van der Waals surface area (Å²) in [6.45, 7) is 7.75. The van der Waals surface area contributed by atoms with E-state index in [0.717, 1.165) is 16.9 Å². The summed E-state index contributed by atoms with van der Waals surface area (Å²) in [6.07, 6.45) is 3.05. The van der Waals surface area contributed by atoms with Crippen molar-refractivity contribution < 1.29 is 13.9 Å². The maximum Gasteiger partial charge on any atom is 0.408 e. The lowest BCUT2D eigenvalue weighted by molar-refractivity contribution is 0.0520. The third-order valence-corrected chi connectivity index (χ3v) is 2.77. The zero-order chi connectivity index (χ0) is 15.5. The quantitative estimate of drug-likeness (QED) is 0.935. The molecule has 5 heteroatoms. The molecule has 0 aliphatic carbocycles. The number of carbonyl (C=O) groups excluding carboxylic acids is 1. The molecule has 0 unspecified atom stereocenters. The van der Waals surface area contributed by atoms with E-state index >= 15 is 0 Å². The van der Waals surface area contributed by atoms with Crippen molar-refractivity contribution >= 4 is 6.09 Å². The zero-order valence-electron chi connectivity index (χ0n) is 12.8. The molecule has 5 nitrogen and oxygen atoms in total. The Morgan fingerprint density at radius 3 is 2.76 bits per heavy atom. The molecule has 0 bridgehead atoms. The Bertz CT molecular complexity index is 626. The molecule has 0 aliphatic heterocycles. The lowest BCUT2D eigenvalue weighted by Gasteiger charge is -2.19. The predicted molar refractivity (Wildman–Crippen MR) is 79.7 cm³/mol. The van der Waals surface area contributed by atoms with E-state index in [1.807, 2.05) is 45.9 Å². The second-order valence-corrected chi connectivity index (χ2v) is 5.81. The standard InChI is InChI=1S/C16H20N2O3/c1-11-7-8-17-10-13(11)14-6-5-12(20-14)9-18-15(19)21-16(2,3)4/h5-8,10H,9H2,1-4H3,(H,18,19). The predicted octanol–water partition coefficient (Wildman–Crippen LogP) is 3.67. The van der Waals surface area contributed by atoms with Crippen molar-refractivity contribution in [2.24, 2.45) is 0 Å². The van der Waals surface area contributed by atoms with E-state index in [4.69, 9.17) is 9.15 Å². The molecule has 112 valence electrons. The monoisotopic (exact) mass is 288 g/mol. The molecule has 0 saturated carbocycles. The van der Waals surface area contributed by atoms with Crippen LogP contribution in [0, 0.1) is 6.92 Å². The van der Waals surface area contributed by atoms with Crippen molar-refractivity contribution in [3.05, 3.63) is 41.9 Å². The Balaban J connectivity index is 1.98. The van der Waals surface area contributed by atoms with Gasteiger partial charge in [0.05, 0.1) is 6.54 Å². The van der Waals surface area contributed by atoms with E-state index in [1.165, 1.54) is 0 Å². The third-order valence-electron chi connectivity index (χ3n) is 2.77. The fourth-order valence-electron chi connectivity index (χ4n) is 1.81. The van der Waals surface area contributed by atoms with Crippen LogP contribution in [0.4, 0.5) is 4.79 Å². The van der Waals surface area contributed by atoms with Crippen molar-refractivity contribution in [1.29, 1.82) is 0 Å². The van der Waals surface area contributed by atoms with Crippen molar-refractivity contribution in [3.63, 3.8) is 0 Å². The van der Waals surface area contributed by atoms with E-state index in [0.29, 0.717) is 5.76 Å². The van der Waals surface area contributed by atoms with E-state index in [9.17, 15) is 4.79 Å². The molecule has 0 atom stereocenters. The smallest absolute Gasteiger partial charge is 0.408 e. The maximum atomic E-state index is 11.6. The van der Waals surface area contributed by atoms with Crippen LogP contribution in [-0.2, 0) is 11.3 Å². The number of aryl methyl sites for hydroxylation is 1. The molecule has 0 aliphatic rings. The number of nitrogens with zero attached hydrogens (tertiary/aromatic N) is 1. The molecule has 0 aromatic carbocycles. The number of amides is 1. The van der Waals surface area contributed by atoms with Crippen molar-refractivity contribution in [2.45, 2.75) is 39.8 Å². The van der Waals surface area contributed by atoms with E-state index < -0.39 is 11.7 Å². The lowest BCUT2D eigenvalue weighted by Crippen LogP contribution is -2.32. The highest BCUT2D eigenvalue weighted by atomic mass is 16.6. The fraction of sp³-hybridized carbons (Fsp3) is 0.375. The van der Waals surface area contributed by atoms with Gasteiger partial charge in [0.2, 0.25) is 0 Å². The van der Waals surface area contributed by atoms with Crippen LogP contribution in [0.15, 0.2) is 35.0 Å². The Hall–Kier alpha value is -2.30. The summed E-state index contributed by atoms with van der Waals surface area (Å²) in [5, 5.41) is 2.66. The van der Waals surface area contributed by atoms with Gasteiger partial charge in [0.1, 0.15) is 17.1 Å². The largest absolute Gasteiger partial charge is 0.459 e. The van der Waals surface area contributed by atoms with Crippen LogP contribution in [0.5, 0.6) is 0 Å². The van der Waals surface area contributed by atoms with E-state index in [-0.39, 0.29) is 6.54 Å². The molecular formula is C16H20N2O3. The number of hydrogen-bond acceptors (Lipinski definition) is 4. The number of aromatic nitrogens is 1. The van der Waals surface area contributed by atoms with Gasteiger partial charge in [-0.15, -0.1) is 0 Å². The molecule has 2 aromatic rings. The molecule has 0 spiro atoms. The summed E-state index contributed by atoms with van der Waals surface area (Å²) in [4.78, 5) is 15.7. The van der Waals surface area contributed by atoms with Gasteiger partial charge in [-0.05, 0) is 51.5 Å². The molecular weight excluding hydrogens is 268 g/mol. The molecule has 0 fully saturated rings. The van der Waals surface area contributed by atoms with Crippen LogP contribution in [0.3, 0.4) is 0 Å². The Kier molecular flexibility index (Phi) is 4.31. The molecule has 1 N–H and O–H groups in total. The number of carbonyl (C=O) groups is 1. The van der Waals surface area contributed by atoms with Gasteiger partial charge < -0.3 is 14.5 Å². The molecule has 2 heterocycles. The summed E-state index contributed by atoms with van der Waals surface area (Å²) in [6, 6.07) is 5.63. The Morgan fingerprint density at radius 2 is 2.10 bits per heavy atom. The molecule has 2 aromatic heterocycles. The summed E-state index contributed by atoms with van der Waals surface area (Å²) in [7, 11) is 0. The van der Waals surface area contributed by atoms with Crippen molar-refractivity contribution in [2.75, 3.05) is 0 Å². The molecule has 2 rings (SSSR count). The number of ether oxygens (including phenoxy) is 1. The lowest BCUT2D eigenvalue weighted by atomic mass is 10.1. The first kappa shape index (κ1) is 15.1. The fourth-order valence-corrected chi connectivity index (χ4v) is 1.81. The van der Waals surface area contributed by atoms with Gasteiger partial charge >= 0.3 is 6.09 Å². The Labute approximate surface area is 124 Å². The number of rotatable bonds is 3. The van der Waals surface area contributed by atoms with Crippen molar-refractivity contribution in [3.8, 4) is 11.3 Å². The minimum Gasteiger partial charge on any atom is -0.459 e. The van der Waals surface area contributed by atoms with Crippen molar-refractivity contribution in [1.82, 2.24) is 10.3 Å². The average molecular weight is 288 g/mol. The topological polar surface area (TPSA) is 64.4 Å². The number of furan rings is 1. The molecule has 0 saturated heterocycles. The second kappa shape index (κ2) is 5.99. The van der Waals surface area contributed by atoms with Gasteiger partial charge in [-0.2, -0.15) is 0 Å². The van der Waals surface area contributed by atoms with Crippen LogP contribution in [0.2, 0.25) is 0 Å². The summed E-state index contributed by atoms with van der Waals surface area (Å²) in [5.74, 6) is 1.40. The number of alkyl carbamates (subject to hydrolysis) is 1. The number of hydrogen-bond donors (Lipinski definition) is 1. The molecule has 21 heavy (non-hydrogen) atoms. The van der Waals surface area contributed by atoms with Crippen LogP contribution in [0.25, 0.3) is 11.3 Å². The van der Waals surface area contributed by atoms with Gasteiger partial charge in [0, 0.05) is 18.0 Å². The number of nitrogens with one attached hydrogen (secondary N) is 1. The first-order valence-corrected chi connectivity index (χ1v) is 6.82. The second-order valence-electron chi connectivity index (χ2n) is 5.81. The van der Waals surface area contributed by atoms with Gasteiger partial charge in [0.15, 0.2) is 0 Å². The van der Waals surface area contributed by atoms with Gasteiger partial charge in [-0.25, -0.2) is 4.79 Å². The average Bonchev–Trinajstić information content (AvgIpc) is 2.83. The summed E-state index contributed by atoms with van der Waals surface area (Å²) in [5.41, 5.74) is 1.53. The van der Waals surface area contributed by atoms with E-state index in [1.54, 1.807) is 12.4 Å². The summed E-state index contributed by atoms with van der Waals surface area (Å²) >= 11 is 0. The normalized spacial score (nSPS) is 11.2.